The Balaban J connectivity index is 0.000000267. The van der Waals surface area contributed by atoms with Gasteiger partial charge < -0.3 is 59.2 Å². The van der Waals surface area contributed by atoms with Crippen molar-refractivity contribution in [2.45, 2.75) is 0 Å². The zero-order chi connectivity index (χ0) is 26.2. The molecule has 0 saturated heterocycles. The standard InChI is InChI=1S/2C16H12N2S.2BrH.Cu/c2*19-16(17-13-7-2-1-3-8-13)15-11-10-12-6-4-5-9-14(12)18-15;;;/h2*1-11H,(H,17,19);2*1H;/q;;;;+2/p-4. The first-order chi connectivity index (χ1) is 18.7. The van der Waals surface area contributed by atoms with Crippen molar-refractivity contribution in [3.63, 3.8) is 0 Å². The summed E-state index contributed by atoms with van der Waals surface area (Å²) in [7, 11) is 0. The van der Waals surface area contributed by atoms with Gasteiger partial charge in [0, 0.05) is 10.8 Å². The minimum atomic E-state index is 0. The van der Waals surface area contributed by atoms with Gasteiger partial charge >= 0.3 is 17.1 Å². The van der Waals surface area contributed by atoms with Gasteiger partial charge in [-0.3, -0.25) is 9.98 Å². The van der Waals surface area contributed by atoms with Crippen molar-refractivity contribution < 1.29 is 51.0 Å². The fraction of sp³-hybridized carbons (Fsp3) is 0. The van der Waals surface area contributed by atoms with E-state index in [0.717, 1.165) is 44.6 Å². The van der Waals surface area contributed by atoms with E-state index in [9.17, 15) is 0 Å². The molecule has 1 radical (unpaired) electrons. The first-order valence-corrected chi connectivity index (χ1v) is 12.8. The molecule has 4 aromatic carbocycles. The molecule has 0 amide bonds. The molecule has 0 aliphatic carbocycles. The molecular weight excluding hydrogens is 728 g/mol. The molecule has 0 unspecified atom stereocenters. The number of aliphatic imine (C=N–C) groups is 2. The molecule has 6 rings (SSSR count). The number of halogens is 2. The predicted molar refractivity (Wildman–Crippen MR) is 163 cm³/mol. The molecule has 4 nitrogen and oxygen atoms in total. The number of aromatic nitrogens is 2. The van der Waals surface area contributed by atoms with Crippen molar-refractivity contribution in [3.8, 4) is 0 Å². The maximum Gasteiger partial charge on any atom is 2.00 e. The zero-order valence-corrected chi connectivity index (χ0v) is 27.1. The second kappa shape index (κ2) is 17.0. The number of nitrogens with zero attached hydrogens (tertiary/aromatic N) is 4. The van der Waals surface area contributed by atoms with Crippen LogP contribution >= 0.6 is 0 Å². The van der Waals surface area contributed by atoms with Crippen LogP contribution in [-0.4, -0.2) is 20.1 Å². The van der Waals surface area contributed by atoms with Gasteiger partial charge in [0.2, 0.25) is 0 Å². The Morgan fingerprint density at radius 3 is 1.17 bits per heavy atom. The van der Waals surface area contributed by atoms with Crippen molar-refractivity contribution >= 4 is 68.5 Å². The molecule has 2 aromatic heterocycles. The minimum Gasteiger partial charge on any atom is -1.00 e. The maximum atomic E-state index is 5.34. The summed E-state index contributed by atoms with van der Waals surface area (Å²) in [5.74, 6) is 0. The molecule has 9 heteroatoms. The van der Waals surface area contributed by atoms with Crippen LogP contribution in [0.3, 0.4) is 0 Å². The zero-order valence-electron chi connectivity index (χ0n) is 21.4. The van der Waals surface area contributed by atoms with Gasteiger partial charge in [0.15, 0.2) is 0 Å². The first kappa shape index (κ1) is 34.2. The third-order valence-corrected chi connectivity index (χ3v) is 6.21. The third-order valence-electron chi connectivity index (χ3n) is 5.61. The fourth-order valence-electron chi connectivity index (χ4n) is 3.72. The second-order valence-electron chi connectivity index (χ2n) is 8.28. The van der Waals surface area contributed by atoms with Crippen molar-refractivity contribution in [3.05, 3.63) is 145 Å². The van der Waals surface area contributed by atoms with Crippen LogP contribution < -0.4 is 34.0 Å². The molecular formula is C32H22Br2CuN4S2-2. The Morgan fingerprint density at radius 2 is 0.780 bits per heavy atom. The van der Waals surface area contributed by atoms with Gasteiger partial charge in [-0.2, -0.15) is 0 Å². The predicted octanol–water partition coefficient (Wildman–Crippen LogP) is 1.73. The molecule has 0 spiro atoms. The Kier molecular flexibility index (Phi) is 14.2. The van der Waals surface area contributed by atoms with E-state index in [1.807, 2.05) is 133 Å². The summed E-state index contributed by atoms with van der Waals surface area (Å²) >= 11 is 10.7. The Bertz CT molecular complexity index is 1620. The maximum absolute atomic E-state index is 5.34. The summed E-state index contributed by atoms with van der Waals surface area (Å²) in [6.07, 6.45) is 0. The summed E-state index contributed by atoms with van der Waals surface area (Å²) in [6, 6.07) is 43.2. The molecule has 0 bridgehead atoms. The van der Waals surface area contributed by atoms with Gasteiger partial charge in [-0.1, -0.05) is 95.0 Å². The number of hydrogen-bond donors (Lipinski definition) is 0. The smallest absolute Gasteiger partial charge is 1.00 e. The summed E-state index contributed by atoms with van der Waals surface area (Å²) < 4.78 is 0. The van der Waals surface area contributed by atoms with Gasteiger partial charge in [0.25, 0.3) is 0 Å². The number of rotatable bonds is 4. The SMILES string of the molecule is [Br-].[Br-].[Cu+2].[S-]C(=Nc1ccccc1)c1ccc2ccccc2n1.[S-]C(=Nc1ccccc1)c1ccc2ccccc2n1. The van der Waals surface area contributed by atoms with Crippen molar-refractivity contribution in [2.75, 3.05) is 0 Å². The summed E-state index contributed by atoms with van der Waals surface area (Å²) in [6.45, 7) is 0. The van der Waals surface area contributed by atoms with Crippen LogP contribution in [0.25, 0.3) is 21.8 Å². The van der Waals surface area contributed by atoms with Gasteiger partial charge in [-0.15, -0.1) is 0 Å². The molecule has 41 heavy (non-hydrogen) atoms. The minimum absolute atomic E-state index is 0. The number of pyridine rings is 2. The molecule has 0 aliphatic heterocycles. The number of hydrogen-bond acceptors (Lipinski definition) is 6. The largest absolute Gasteiger partial charge is 2.00 e. The van der Waals surface area contributed by atoms with Gasteiger partial charge in [-0.05, 0) is 48.5 Å². The average Bonchev–Trinajstić information content (AvgIpc) is 2.98. The molecule has 0 N–H and O–H groups in total. The Morgan fingerprint density at radius 1 is 0.439 bits per heavy atom. The normalized spacial score (nSPS) is 10.8. The fourth-order valence-corrected chi connectivity index (χ4v) is 4.16. The van der Waals surface area contributed by atoms with E-state index in [0.29, 0.717) is 10.1 Å². The van der Waals surface area contributed by atoms with E-state index in [-0.39, 0.29) is 51.0 Å². The Hall–Kier alpha value is -3.04. The van der Waals surface area contributed by atoms with E-state index in [4.69, 9.17) is 25.3 Å². The molecule has 2 heterocycles. The van der Waals surface area contributed by atoms with E-state index in [1.54, 1.807) is 0 Å². The van der Waals surface area contributed by atoms with Crippen LogP contribution in [-0.2, 0) is 42.3 Å². The summed E-state index contributed by atoms with van der Waals surface area (Å²) in [5.41, 5.74) is 5.04. The van der Waals surface area contributed by atoms with Crippen LogP contribution in [0.2, 0.25) is 0 Å². The Labute approximate surface area is 282 Å². The van der Waals surface area contributed by atoms with E-state index < -0.39 is 0 Å². The monoisotopic (exact) mass is 747 g/mol. The third kappa shape index (κ3) is 9.50. The topological polar surface area (TPSA) is 50.5 Å². The molecule has 6 aromatic rings. The van der Waals surface area contributed by atoms with E-state index in [2.05, 4.69) is 20.0 Å². The van der Waals surface area contributed by atoms with Crippen LogP contribution in [0.15, 0.2) is 143 Å². The van der Waals surface area contributed by atoms with Gasteiger partial charge in [0.1, 0.15) is 0 Å². The van der Waals surface area contributed by atoms with E-state index in [1.165, 1.54) is 0 Å². The van der Waals surface area contributed by atoms with Crippen LogP contribution in [0, 0.1) is 0 Å². The number of fused-ring (bicyclic) bond motifs is 2. The summed E-state index contributed by atoms with van der Waals surface area (Å²) in [5, 5.41) is 3.23. The first-order valence-electron chi connectivity index (χ1n) is 12.0. The second-order valence-corrected chi connectivity index (χ2v) is 9.06. The van der Waals surface area contributed by atoms with Crippen molar-refractivity contribution in [1.29, 1.82) is 0 Å². The van der Waals surface area contributed by atoms with Crippen LogP contribution in [0.4, 0.5) is 11.4 Å². The molecule has 0 saturated carbocycles. The number of para-hydroxylation sites is 4. The number of benzene rings is 4. The average molecular weight is 750 g/mol. The van der Waals surface area contributed by atoms with Gasteiger partial charge in [0.05, 0.1) is 33.8 Å². The van der Waals surface area contributed by atoms with Crippen molar-refractivity contribution in [1.82, 2.24) is 9.97 Å². The molecule has 0 atom stereocenters. The van der Waals surface area contributed by atoms with Gasteiger partial charge in [-0.25, -0.2) is 9.97 Å². The van der Waals surface area contributed by atoms with E-state index >= 15 is 0 Å². The van der Waals surface area contributed by atoms with Crippen LogP contribution in [0.5, 0.6) is 0 Å². The summed E-state index contributed by atoms with van der Waals surface area (Å²) in [4.78, 5) is 17.9. The molecule has 0 fully saturated rings. The van der Waals surface area contributed by atoms with Crippen molar-refractivity contribution in [2.24, 2.45) is 9.98 Å². The molecule has 209 valence electrons. The quantitative estimate of drug-likeness (QED) is 0.119. The molecule has 0 aliphatic rings. The van der Waals surface area contributed by atoms with Crippen LogP contribution in [0.1, 0.15) is 11.4 Å².